The monoisotopic (exact) mass is 486 g/mol. The molecule has 1 saturated heterocycles. The number of nitrogens with zero attached hydrogens (tertiary/aromatic N) is 4. The van der Waals surface area contributed by atoms with E-state index in [4.69, 9.17) is 0 Å². The van der Waals surface area contributed by atoms with Gasteiger partial charge in [-0.3, -0.25) is 14.5 Å². The van der Waals surface area contributed by atoms with Gasteiger partial charge in [-0.2, -0.15) is 0 Å². The normalized spacial score (nSPS) is 14.5. The van der Waals surface area contributed by atoms with E-state index < -0.39 is 0 Å². The summed E-state index contributed by atoms with van der Waals surface area (Å²) in [6, 6.07) is 23.1. The molecule has 2 N–H and O–H groups in total. The van der Waals surface area contributed by atoms with Crippen LogP contribution in [0.2, 0.25) is 0 Å². The van der Waals surface area contributed by atoms with Crippen LogP contribution in [0.4, 0.5) is 5.69 Å². The van der Waals surface area contributed by atoms with Gasteiger partial charge in [0.1, 0.15) is 0 Å². The molecule has 0 radical (unpaired) electrons. The number of para-hydroxylation sites is 2. The Labute approximate surface area is 207 Å². The molecule has 1 fully saturated rings. The summed E-state index contributed by atoms with van der Waals surface area (Å²) in [6.45, 7) is 1.81. The highest BCUT2D eigenvalue weighted by Gasteiger charge is 2.25. The summed E-state index contributed by atoms with van der Waals surface area (Å²) < 4.78 is 1.72. The number of thiophene rings is 1. The molecular weight excluding hydrogens is 460 g/mol. The lowest BCUT2D eigenvalue weighted by Crippen LogP contribution is -2.46. The quantitative estimate of drug-likeness (QED) is 0.414. The highest BCUT2D eigenvalue weighted by atomic mass is 32.1. The number of benzene rings is 2. The molecule has 0 aliphatic carbocycles. The molecule has 1 aliphatic rings. The number of aromatic nitrogens is 3. The van der Waals surface area contributed by atoms with Crippen LogP contribution in [0.5, 0.6) is 0 Å². The fourth-order valence-electron chi connectivity index (χ4n) is 4.13. The van der Waals surface area contributed by atoms with Crippen molar-refractivity contribution in [1.29, 1.82) is 0 Å². The molecule has 35 heavy (non-hydrogen) atoms. The average Bonchev–Trinajstić information content (AvgIpc) is 3.57. The van der Waals surface area contributed by atoms with Gasteiger partial charge in [0.25, 0.3) is 5.91 Å². The second kappa shape index (κ2) is 10.6. The van der Waals surface area contributed by atoms with Crippen LogP contribution in [0.15, 0.2) is 78.2 Å². The lowest BCUT2D eigenvalue weighted by molar-refractivity contribution is -0.117. The largest absolute Gasteiger partial charge is 0.346 e. The highest BCUT2D eigenvalue weighted by molar-refractivity contribution is 7.13. The number of hydrogen-bond acceptors (Lipinski definition) is 6. The van der Waals surface area contributed by atoms with Gasteiger partial charge < -0.3 is 10.6 Å². The van der Waals surface area contributed by atoms with Crippen molar-refractivity contribution in [2.75, 3.05) is 25.0 Å². The van der Waals surface area contributed by atoms with Crippen molar-refractivity contribution in [3.05, 3.63) is 84.0 Å². The smallest absolute Gasteiger partial charge is 0.291 e. The summed E-state index contributed by atoms with van der Waals surface area (Å²) in [5, 5.41) is 12.5. The number of hydrogen-bond donors (Lipinski definition) is 2. The van der Waals surface area contributed by atoms with Crippen molar-refractivity contribution in [3.8, 4) is 16.4 Å². The summed E-state index contributed by atoms with van der Waals surface area (Å²) in [7, 11) is 0. The molecule has 0 atom stereocenters. The van der Waals surface area contributed by atoms with E-state index in [1.165, 1.54) is 0 Å². The predicted octanol–water partition coefficient (Wildman–Crippen LogP) is 3.83. The van der Waals surface area contributed by atoms with Gasteiger partial charge >= 0.3 is 0 Å². The van der Waals surface area contributed by atoms with E-state index in [0.717, 1.165) is 42.2 Å². The van der Waals surface area contributed by atoms with Crippen molar-refractivity contribution < 1.29 is 9.59 Å². The van der Waals surface area contributed by atoms with Crippen molar-refractivity contribution in [3.63, 3.8) is 0 Å². The summed E-state index contributed by atoms with van der Waals surface area (Å²) >= 11 is 1.56. The lowest BCUT2D eigenvalue weighted by atomic mass is 10.0. The average molecular weight is 487 g/mol. The van der Waals surface area contributed by atoms with Gasteiger partial charge in [-0.25, -0.2) is 9.67 Å². The van der Waals surface area contributed by atoms with Gasteiger partial charge in [0.15, 0.2) is 5.82 Å². The molecule has 0 unspecified atom stereocenters. The van der Waals surface area contributed by atoms with Crippen molar-refractivity contribution >= 4 is 28.8 Å². The third-order valence-corrected chi connectivity index (χ3v) is 6.77. The van der Waals surface area contributed by atoms with Crippen LogP contribution in [0.25, 0.3) is 16.4 Å². The van der Waals surface area contributed by atoms with Gasteiger partial charge in [0.05, 0.1) is 17.1 Å². The Bertz CT molecular complexity index is 1270. The first-order valence-electron chi connectivity index (χ1n) is 11.6. The SMILES string of the molecule is O=C(CN1CCC(NC(=O)c2nc(-c3cccs3)n(-c3ccccc3)n2)CC1)Nc1ccccc1. The third kappa shape index (κ3) is 5.64. The fraction of sp³-hybridized carbons (Fsp3) is 0.231. The van der Waals surface area contributed by atoms with Crippen LogP contribution >= 0.6 is 11.3 Å². The van der Waals surface area contributed by atoms with Crippen LogP contribution in [-0.2, 0) is 4.79 Å². The number of carbonyl (C=O) groups excluding carboxylic acids is 2. The molecule has 8 nitrogen and oxygen atoms in total. The molecule has 0 spiro atoms. The minimum Gasteiger partial charge on any atom is -0.346 e. The standard InChI is InChI=1S/C26H26N6O2S/c33-23(27-19-8-3-1-4-9-19)18-31-15-13-20(14-16-31)28-26(34)24-29-25(22-12-7-17-35-22)32(30-24)21-10-5-2-6-11-21/h1-12,17,20H,13-16,18H2,(H,27,33)(H,28,34). The first-order chi connectivity index (χ1) is 17.2. The van der Waals surface area contributed by atoms with E-state index in [1.807, 2.05) is 78.2 Å². The van der Waals surface area contributed by atoms with Crippen LogP contribution in [-0.4, -0.2) is 57.2 Å². The van der Waals surface area contributed by atoms with E-state index in [0.29, 0.717) is 12.4 Å². The van der Waals surface area contributed by atoms with Gasteiger partial charge in [-0.05, 0) is 48.6 Å². The molecule has 178 valence electrons. The number of rotatable bonds is 7. The molecule has 2 aromatic heterocycles. The number of piperidine rings is 1. The van der Waals surface area contributed by atoms with Gasteiger partial charge in [-0.1, -0.05) is 42.5 Å². The van der Waals surface area contributed by atoms with Crippen molar-refractivity contribution in [2.45, 2.75) is 18.9 Å². The molecule has 2 amide bonds. The van der Waals surface area contributed by atoms with Gasteiger partial charge in [-0.15, -0.1) is 16.4 Å². The van der Waals surface area contributed by atoms with E-state index in [9.17, 15) is 9.59 Å². The summed E-state index contributed by atoms with van der Waals surface area (Å²) in [5.74, 6) is 0.491. The first kappa shape index (κ1) is 22.9. The molecule has 0 saturated carbocycles. The zero-order valence-electron chi connectivity index (χ0n) is 19.1. The van der Waals surface area contributed by atoms with Crippen molar-refractivity contribution in [2.24, 2.45) is 0 Å². The number of amides is 2. The van der Waals surface area contributed by atoms with Gasteiger partial charge in [0, 0.05) is 24.8 Å². The zero-order chi connectivity index (χ0) is 24.0. The fourth-order valence-corrected chi connectivity index (χ4v) is 4.83. The molecule has 2 aromatic carbocycles. The lowest BCUT2D eigenvalue weighted by Gasteiger charge is -2.31. The first-order valence-corrected chi connectivity index (χ1v) is 12.5. The molecule has 3 heterocycles. The Morgan fingerprint density at radius 3 is 2.34 bits per heavy atom. The third-order valence-electron chi connectivity index (χ3n) is 5.90. The van der Waals surface area contributed by atoms with E-state index in [1.54, 1.807) is 16.0 Å². The van der Waals surface area contributed by atoms with Crippen LogP contribution < -0.4 is 10.6 Å². The second-order valence-corrected chi connectivity index (χ2v) is 9.37. The maximum atomic E-state index is 13.0. The predicted molar refractivity (Wildman–Crippen MR) is 137 cm³/mol. The Morgan fingerprint density at radius 2 is 1.66 bits per heavy atom. The van der Waals surface area contributed by atoms with Crippen LogP contribution in [0.3, 0.4) is 0 Å². The molecule has 0 bridgehead atoms. The summed E-state index contributed by atoms with van der Waals surface area (Å²) in [6.07, 6.45) is 1.53. The summed E-state index contributed by atoms with van der Waals surface area (Å²) in [5.41, 5.74) is 1.65. The minimum atomic E-state index is -0.280. The van der Waals surface area contributed by atoms with E-state index in [-0.39, 0.29) is 23.7 Å². The van der Waals surface area contributed by atoms with Gasteiger partial charge in [0.2, 0.25) is 11.7 Å². The van der Waals surface area contributed by atoms with Crippen LogP contribution in [0.1, 0.15) is 23.5 Å². The molecule has 5 rings (SSSR count). The number of nitrogens with one attached hydrogen (secondary N) is 2. The number of likely N-dealkylation sites (tertiary alicyclic amines) is 1. The van der Waals surface area contributed by atoms with E-state index in [2.05, 4.69) is 25.6 Å². The maximum absolute atomic E-state index is 13.0. The number of anilines is 1. The Morgan fingerprint density at radius 1 is 0.943 bits per heavy atom. The topological polar surface area (TPSA) is 92.2 Å². The minimum absolute atomic E-state index is 0.0183. The Hall–Kier alpha value is -3.82. The van der Waals surface area contributed by atoms with E-state index >= 15 is 0 Å². The van der Waals surface area contributed by atoms with Crippen LogP contribution in [0, 0.1) is 0 Å². The molecule has 4 aromatic rings. The molecular formula is C26H26N6O2S. The second-order valence-electron chi connectivity index (χ2n) is 8.42. The Balaban J connectivity index is 1.19. The van der Waals surface area contributed by atoms with Crippen molar-refractivity contribution in [1.82, 2.24) is 25.0 Å². The Kier molecular flexibility index (Phi) is 6.97. The zero-order valence-corrected chi connectivity index (χ0v) is 19.9. The molecule has 1 aliphatic heterocycles. The maximum Gasteiger partial charge on any atom is 0.291 e. The number of carbonyl (C=O) groups is 2. The summed E-state index contributed by atoms with van der Waals surface area (Å²) in [4.78, 5) is 33.0. The highest BCUT2D eigenvalue weighted by Crippen LogP contribution is 2.25. The molecule has 9 heteroatoms.